The molecule has 0 aromatic heterocycles. The summed E-state index contributed by atoms with van der Waals surface area (Å²) in [5.41, 5.74) is 1.10. The predicted molar refractivity (Wildman–Crippen MR) is 60.2 cm³/mol. The van der Waals surface area contributed by atoms with Crippen LogP contribution in [0.3, 0.4) is 0 Å². The van der Waals surface area contributed by atoms with Crippen LogP contribution in [-0.4, -0.2) is 37.0 Å². The second-order valence-electron chi connectivity index (χ2n) is 3.45. The molecule has 0 saturated carbocycles. The molecular weight excluding hydrogens is 176 g/mol. The molecule has 0 bridgehead atoms. The first-order valence-corrected chi connectivity index (χ1v) is 5.24. The van der Waals surface area contributed by atoms with E-state index in [0.29, 0.717) is 6.42 Å². The summed E-state index contributed by atoms with van der Waals surface area (Å²) in [7, 11) is 0. The molecule has 0 unspecified atom stereocenters. The number of nitrogens with zero attached hydrogens (tertiary/aromatic N) is 1. The van der Waals surface area contributed by atoms with Crippen molar-refractivity contribution in [3.63, 3.8) is 0 Å². The predicted octanol–water partition coefficient (Wildman–Crippen LogP) is 1.41. The first-order chi connectivity index (χ1) is 6.61. The van der Waals surface area contributed by atoms with Gasteiger partial charge in [-0.05, 0) is 20.8 Å². The highest BCUT2D eigenvalue weighted by atomic mass is 16.2. The van der Waals surface area contributed by atoms with E-state index in [9.17, 15) is 4.79 Å². The minimum atomic E-state index is 0.226. The molecule has 0 aliphatic rings. The van der Waals surface area contributed by atoms with Gasteiger partial charge in [0.2, 0.25) is 5.91 Å². The van der Waals surface area contributed by atoms with Crippen molar-refractivity contribution in [2.75, 3.05) is 26.2 Å². The quantitative estimate of drug-likeness (QED) is 0.495. The minimum absolute atomic E-state index is 0.226. The maximum absolute atomic E-state index is 11.5. The van der Waals surface area contributed by atoms with Crippen LogP contribution in [0.15, 0.2) is 12.2 Å². The lowest BCUT2D eigenvalue weighted by Crippen LogP contribution is -2.33. The van der Waals surface area contributed by atoms with E-state index in [4.69, 9.17) is 0 Å². The van der Waals surface area contributed by atoms with Crippen molar-refractivity contribution in [1.82, 2.24) is 10.2 Å². The van der Waals surface area contributed by atoms with Gasteiger partial charge in [0.25, 0.3) is 0 Å². The fraction of sp³-hybridized carbons (Fsp3) is 0.727. The molecule has 3 nitrogen and oxygen atoms in total. The lowest BCUT2D eigenvalue weighted by Gasteiger charge is -2.18. The van der Waals surface area contributed by atoms with Gasteiger partial charge in [-0.25, -0.2) is 0 Å². The third-order valence-corrected chi connectivity index (χ3v) is 2.06. The lowest BCUT2D eigenvalue weighted by molar-refractivity contribution is -0.130. The van der Waals surface area contributed by atoms with Gasteiger partial charge in [-0.15, -0.1) is 0 Å². The van der Waals surface area contributed by atoms with Crippen LogP contribution in [0.25, 0.3) is 0 Å². The molecule has 0 atom stereocenters. The Balaban J connectivity index is 3.57. The second kappa shape index (κ2) is 7.56. The first-order valence-electron chi connectivity index (χ1n) is 5.24. The summed E-state index contributed by atoms with van der Waals surface area (Å²) in [6.07, 6.45) is 0.578. The topological polar surface area (TPSA) is 32.3 Å². The molecule has 14 heavy (non-hydrogen) atoms. The Hall–Kier alpha value is -0.830. The maximum Gasteiger partial charge on any atom is 0.223 e. The second-order valence-corrected chi connectivity index (χ2v) is 3.45. The molecule has 82 valence electrons. The highest BCUT2D eigenvalue weighted by Gasteiger charge is 2.07. The van der Waals surface area contributed by atoms with Crippen molar-refractivity contribution < 1.29 is 4.79 Å². The molecule has 0 rings (SSSR count). The average molecular weight is 198 g/mol. The Morgan fingerprint density at radius 3 is 2.36 bits per heavy atom. The molecular formula is C11H22N2O. The molecule has 0 aromatic carbocycles. The summed E-state index contributed by atoms with van der Waals surface area (Å²) >= 11 is 0. The lowest BCUT2D eigenvalue weighted by atomic mass is 10.3. The molecule has 1 N–H and O–H groups in total. The molecule has 0 spiro atoms. The number of hydrogen-bond acceptors (Lipinski definition) is 2. The van der Waals surface area contributed by atoms with Crippen molar-refractivity contribution in [3.8, 4) is 0 Å². The van der Waals surface area contributed by atoms with Gasteiger partial charge in [0.05, 0.1) is 0 Å². The molecule has 3 heteroatoms. The highest BCUT2D eigenvalue weighted by molar-refractivity contribution is 5.76. The molecule has 1 amide bonds. The first kappa shape index (κ1) is 13.2. The number of carbonyl (C=O) groups excluding carboxylic acids is 1. The fourth-order valence-electron chi connectivity index (χ4n) is 1.23. The van der Waals surface area contributed by atoms with Crippen molar-refractivity contribution in [2.45, 2.75) is 27.2 Å². The molecule has 0 aliphatic carbocycles. The summed E-state index contributed by atoms with van der Waals surface area (Å²) in [6, 6.07) is 0. The van der Waals surface area contributed by atoms with Gasteiger partial charge in [0, 0.05) is 32.6 Å². The van der Waals surface area contributed by atoms with Crippen molar-refractivity contribution in [3.05, 3.63) is 12.2 Å². The third kappa shape index (κ3) is 5.75. The molecule has 0 radical (unpaired) electrons. The van der Waals surface area contributed by atoms with Gasteiger partial charge in [-0.3, -0.25) is 4.79 Å². The molecule has 0 fully saturated rings. The zero-order valence-electron chi connectivity index (χ0n) is 9.60. The Morgan fingerprint density at radius 1 is 1.36 bits per heavy atom. The van der Waals surface area contributed by atoms with Crippen LogP contribution in [0.5, 0.6) is 0 Å². The van der Waals surface area contributed by atoms with E-state index >= 15 is 0 Å². The van der Waals surface area contributed by atoms with Crippen molar-refractivity contribution in [1.29, 1.82) is 0 Å². The number of hydrogen-bond donors (Lipinski definition) is 1. The summed E-state index contributed by atoms with van der Waals surface area (Å²) < 4.78 is 0. The fourth-order valence-corrected chi connectivity index (χ4v) is 1.23. The van der Waals surface area contributed by atoms with Gasteiger partial charge in [0.1, 0.15) is 0 Å². The normalized spacial score (nSPS) is 9.93. The highest BCUT2D eigenvalue weighted by Crippen LogP contribution is 1.92. The molecule has 0 heterocycles. The zero-order valence-corrected chi connectivity index (χ0v) is 9.60. The summed E-state index contributed by atoms with van der Waals surface area (Å²) in [5.74, 6) is 0.226. The van der Waals surface area contributed by atoms with Crippen LogP contribution in [0.2, 0.25) is 0 Å². The van der Waals surface area contributed by atoms with Crippen molar-refractivity contribution in [2.24, 2.45) is 0 Å². The Kier molecular flexibility index (Phi) is 7.11. The van der Waals surface area contributed by atoms with Gasteiger partial charge >= 0.3 is 0 Å². The molecule has 0 aromatic rings. The van der Waals surface area contributed by atoms with Crippen molar-refractivity contribution >= 4 is 5.91 Å². The van der Waals surface area contributed by atoms with Crippen LogP contribution in [0.4, 0.5) is 0 Å². The van der Waals surface area contributed by atoms with Crippen LogP contribution < -0.4 is 5.32 Å². The molecule has 0 aliphatic heterocycles. The van der Waals surface area contributed by atoms with Gasteiger partial charge in [-0.1, -0.05) is 12.2 Å². The van der Waals surface area contributed by atoms with Gasteiger partial charge in [0.15, 0.2) is 0 Å². The number of nitrogens with one attached hydrogen (secondary N) is 1. The summed E-state index contributed by atoms with van der Waals surface area (Å²) in [6.45, 7) is 12.9. The van der Waals surface area contributed by atoms with Gasteiger partial charge in [-0.2, -0.15) is 0 Å². The standard InChI is InChI=1S/C11H22N2O/c1-5-13(6-2)11(14)7-8-12-9-10(3)4/h12H,3,5-9H2,1-2,4H3. The monoisotopic (exact) mass is 198 g/mol. The van der Waals surface area contributed by atoms with Gasteiger partial charge < -0.3 is 10.2 Å². The van der Waals surface area contributed by atoms with E-state index in [1.807, 2.05) is 25.7 Å². The van der Waals surface area contributed by atoms with Crippen LogP contribution >= 0.6 is 0 Å². The number of carbonyl (C=O) groups is 1. The summed E-state index contributed by atoms with van der Waals surface area (Å²) in [4.78, 5) is 13.4. The Morgan fingerprint density at radius 2 is 1.93 bits per heavy atom. The Bertz CT molecular complexity index is 186. The Labute approximate surface area is 87.2 Å². The largest absolute Gasteiger partial charge is 0.343 e. The smallest absolute Gasteiger partial charge is 0.223 e. The van der Waals surface area contributed by atoms with E-state index in [2.05, 4.69) is 11.9 Å². The molecule has 0 saturated heterocycles. The van der Waals surface area contributed by atoms with E-state index in [-0.39, 0.29) is 5.91 Å². The number of rotatable bonds is 7. The van der Waals surface area contributed by atoms with E-state index < -0.39 is 0 Å². The minimum Gasteiger partial charge on any atom is -0.343 e. The number of amides is 1. The van der Waals surface area contributed by atoms with Crippen LogP contribution in [0.1, 0.15) is 27.2 Å². The van der Waals surface area contributed by atoms with Crippen LogP contribution in [0, 0.1) is 0 Å². The zero-order chi connectivity index (χ0) is 11.0. The SMILES string of the molecule is C=C(C)CNCCC(=O)N(CC)CC. The summed E-state index contributed by atoms with van der Waals surface area (Å²) in [5, 5.41) is 3.17. The maximum atomic E-state index is 11.5. The van der Waals surface area contributed by atoms with E-state index in [1.54, 1.807) is 0 Å². The third-order valence-electron chi connectivity index (χ3n) is 2.06. The van der Waals surface area contributed by atoms with E-state index in [1.165, 1.54) is 0 Å². The average Bonchev–Trinajstić information content (AvgIpc) is 2.14. The van der Waals surface area contributed by atoms with E-state index in [0.717, 1.165) is 31.8 Å². The van der Waals surface area contributed by atoms with Crippen LogP contribution in [-0.2, 0) is 4.79 Å².